The number of likely N-dealkylation sites (N-methyl/N-ethyl adjacent to an activating group) is 1. The second kappa shape index (κ2) is 4.30. The molecule has 0 aliphatic heterocycles. The van der Waals surface area contributed by atoms with E-state index in [1.807, 2.05) is 19.0 Å². The van der Waals surface area contributed by atoms with Gasteiger partial charge in [0.05, 0.1) is 6.10 Å². The SMILES string of the molecule is CN(C)C[C@H](O)CBr. The Kier molecular flexibility index (Phi) is 4.51. The number of rotatable bonds is 3. The third-order valence-corrected chi connectivity index (χ3v) is 1.50. The van der Waals surface area contributed by atoms with Crippen molar-refractivity contribution in [1.29, 1.82) is 0 Å². The van der Waals surface area contributed by atoms with E-state index in [2.05, 4.69) is 15.9 Å². The van der Waals surface area contributed by atoms with Gasteiger partial charge in [-0.2, -0.15) is 0 Å². The van der Waals surface area contributed by atoms with Crippen LogP contribution in [0.1, 0.15) is 0 Å². The zero-order chi connectivity index (χ0) is 6.57. The Morgan fingerprint density at radius 3 is 2.25 bits per heavy atom. The highest BCUT2D eigenvalue weighted by Gasteiger charge is 2.00. The highest BCUT2D eigenvalue weighted by Crippen LogP contribution is 1.90. The summed E-state index contributed by atoms with van der Waals surface area (Å²) in [7, 11) is 3.87. The first-order chi connectivity index (χ1) is 3.66. The largest absolute Gasteiger partial charge is 0.391 e. The van der Waals surface area contributed by atoms with Crippen LogP contribution in [0.5, 0.6) is 0 Å². The van der Waals surface area contributed by atoms with Crippen LogP contribution >= 0.6 is 15.9 Å². The van der Waals surface area contributed by atoms with Crippen LogP contribution in [0, 0.1) is 0 Å². The minimum Gasteiger partial charge on any atom is -0.391 e. The summed E-state index contributed by atoms with van der Waals surface area (Å²) in [6, 6.07) is 0. The number of hydrogen-bond acceptors (Lipinski definition) is 2. The second-order valence-corrected chi connectivity index (χ2v) is 2.72. The lowest BCUT2D eigenvalue weighted by Crippen LogP contribution is -2.26. The van der Waals surface area contributed by atoms with E-state index in [1.165, 1.54) is 0 Å². The lowest BCUT2D eigenvalue weighted by molar-refractivity contribution is 0.159. The van der Waals surface area contributed by atoms with E-state index in [1.54, 1.807) is 0 Å². The van der Waals surface area contributed by atoms with Crippen LogP contribution in [0.4, 0.5) is 0 Å². The summed E-state index contributed by atoms with van der Waals surface area (Å²) in [5.41, 5.74) is 0. The van der Waals surface area contributed by atoms with Crippen molar-refractivity contribution in [1.82, 2.24) is 4.90 Å². The van der Waals surface area contributed by atoms with Crippen LogP contribution in [0.3, 0.4) is 0 Å². The maximum absolute atomic E-state index is 8.94. The number of aliphatic hydroxyl groups is 1. The molecule has 0 aromatic heterocycles. The second-order valence-electron chi connectivity index (χ2n) is 2.07. The summed E-state index contributed by atoms with van der Waals surface area (Å²) in [4.78, 5) is 1.95. The first-order valence-corrected chi connectivity index (χ1v) is 3.67. The zero-order valence-electron chi connectivity index (χ0n) is 5.26. The van der Waals surface area contributed by atoms with Gasteiger partial charge < -0.3 is 10.0 Å². The Labute approximate surface area is 58.6 Å². The van der Waals surface area contributed by atoms with Crippen LogP contribution in [0.25, 0.3) is 0 Å². The quantitative estimate of drug-likeness (QED) is 0.634. The highest BCUT2D eigenvalue weighted by atomic mass is 79.9. The molecule has 0 saturated heterocycles. The predicted octanol–water partition coefficient (Wildman–Crippen LogP) is 0.304. The van der Waals surface area contributed by atoms with Gasteiger partial charge in [0.2, 0.25) is 0 Å². The Bertz CT molecular complexity index is 58.4. The lowest BCUT2D eigenvalue weighted by Gasteiger charge is -2.12. The third kappa shape index (κ3) is 4.56. The molecule has 0 spiro atoms. The lowest BCUT2D eigenvalue weighted by atomic mass is 10.4. The van der Waals surface area contributed by atoms with Gasteiger partial charge in [-0.3, -0.25) is 0 Å². The van der Waals surface area contributed by atoms with Crippen LogP contribution in [-0.2, 0) is 0 Å². The molecular weight excluding hydrogens is 170 g/mol. The summed E-state index contributed by atoms with van der Waals surface area (Å²) < 4.78 is 0. The van der Waals surface area contributed by atoms with E-state index < -0.39 is 0 Å². The van der Waals surface area contributed by atoms with Gasteiger partial charge in [-0.1, -0.05) is 15.9 Å². The molecule has 0 aromatic carbocycles. The molecule has 2 nitrogen and oxygen atoms in total. The number of hydrogen-bond donors (Lipinski definition) is 1. The molecule has 0 rings (SSSR count). The van der Waals surface area contributed by atoms with Crippen molar-refractivity contribution >= 4 is 15.9 Å². The van der Waals surface area contributed by atoms with Gasteiger partial charge in [-0.25, -0.2) is 0 Å². The van der Waals surface area contributed by atoms with Crippen molar-refractivity contribution in [3.05, 3.63) is 0 Å². The van der Waals surface area contributed by atoms with Crippen molar-refractivity contribution < 1.29 is 5.11 Å². The first-order valence-electron chi connectivity index (χ1n) is 2.55. The number of nitrogens with zero attached hydrogens (tertiary/aromatic N) is 1. The molecule has 0 radical (unpaired) electrons. The van der Waals surface area contributed by atoms with Crippen molar-refractivity contribution in [3.63, 3.8) is 0 Å². The molecule has 0 unspecified atom stereocenters. The van der Waals surface area contributed by atoms with E-state index in [9.17, 15) is 0 Å². The molecule has 0 aliphatic rings. The summed E-state index contributed by atoms with van der Waals surface area (Å²) in [5.74, 6) is 0. The molecule has 3 heteroatoms. The van der Waals surface area contributed by atoms with Crippen LogP contribution in [-0.4, -0.2) is 42.1 Å². The Morgan fingerprint density at radius 2 is 2.12 bits per heavy atom. The molecule has 1 atom stereocenters. The summed E-state index contributed by atoms with van der Waals surface area (Å²) in [5, 5.41) is 9.60. The molecule has 0 bridgehead atoms. The van der Waals surface area contributed by atoms with Gasteiger partial charge in [0.1, 0.15) is 0 Å². The van der Waals surface area contributed by atoms with Gasteiger partial charge in [0, 0.05) is 11.9 Å². The smallest absolute Gasteiger partial charge is 0.0763 e. The highest BCUT2D eigenvalue weighted by molar-refractivity contribution is 9.09. The monoisotopic (exact) mass is 181 g/mol. The molecule has 0 saturated carbocycles. The standard InChI is InChI=1S/C5H12BrNO/c1-7(2)4-5(8)3-6/h5,8H,3-4H2,1-2H3/t5-/m1/s1. The molecule has 50 valence electrons. The number of aliphatic hydroxyl groups excluding tert-OH is 1. The number of alkyl halides is 1. The van der Waals surface area contributed by atoms with Gasteiger partial charge in [0.25, 0.3) is 0 Å². The third-order valence-electron chi connectivity index (χ3n) is 0.754. The van der Waals surface area contributed by atoms with E-state index in [0.29, 0.717) is 5.33 Å². The molecule has 0 amide bonds. The molecule has 8 heavy (non-hydrogen) atoms. The minimum atomic E-state index is -0.231. The summed E-state index contributed by atoms with van der Waals surface area (Å²) in [6.45, 7) is 0.727. The van der Waals surface area contributed by atoms with Crippen molar-refractivity contribution in [2.75, 3.05) is 26.0 Å². The van der Waals surface area contributed by atoms with Crippen molar-refractivity contribution in [2.45, 2.75) is 6.10 Å². The maximum Gasteiger partial charge on any atom is 0.0763 e. The average molecular weight is 182 g/mol. The zero-order valence-corrected chi connectivity index (χ0v) is 6.85. The molecule has 0 heterocycles. The molecule has 0 aliphatic carbocycles. The first kappa shape index (κ1) is 8.40. The van der Waals surface area contributed by atoms with Crippen LogP contribution < -0.4 is 0 Å². The van der Waals surface area contributed by atoms with Gasteiger partial charge >= 0.3 is 0 Å². The van der Waals surface area contributed by atoms with E-state index >= 15 is 0 Å². The van der Waals surface area contributed by atoms with E-state index in [0.717, 1.165) is 6.54 Å². The molecular formula is C5H12BrNO. The molecule has 1 N–H and O–H groups in total. The van der Waals surface area contributed by atoms with Crippen molar-refractivity contribution in [2.24, 2.45) is 0 Å². The van der Waals surface area contributed by atoms with E-state index in [-0.39, 0.29) is 6.10 Å². The van der Waals surface area contributed by atoms with Crippen molar-refractivity contribution in [3.8, 4) is 0 Å². The normalized spacial score (nSPS) is 14.6. The van der Waals surface area contributed by atoms with E-state index in [4.69, 9.17) is 5.11 Å². The topological polar surface area (TPSA) is 23.5 Å². The number of halogens is 1. The Balaban J connectivity index is 3.10. The minimum absolute atomic E-state index is 0.231. The van der Waals surface area contributed by atoms with Gasteiger partial charge in [-0.05, 0) is 14.1 Å². The molecule has 0 aromatic rings. The Morgan fingerprint density at radius 1 is 1.62 bits per heavy atom. The maximum atomic E-state index is 8.94. The average Bonchev–Trinajstić information content (AvgIpc) is 1.65. The molecule has 0 fully saturated rings. The Hall–Kier alpha value is 0.400. The summed E-state index contributed by atoms with van der Waals surface area (Å²) in [6.07, 6.45) is -0.231. The summed E-state index contributed by atoms with van der Waals surface area (Å²) >= 11 is 3.17. The van der Waals surface area contributed by atoms with Crippen LogP contribution in [0.2, 0.25) is 0 Å². The van der Waals surface area contributed by atoms with Gasteiger partial charge in [-0.15, -0.1) is 0 Å². The van der Waals surface area contributed by atoms with Crippen LogP contribution in [0.15, 0.2) is 0 Å². The van der Waals surface area contributed by atoms with Gasteiger partial charge in [0.15, 0.2) is 0 Å². The fourth-order valence-electron chi connectivity index (χ4n) is 0.470. The predicted molar refractivity (Wildman–Crippen MR) is 38.4 cm³/mol. The fourth-order valence-corrected chi connectivity index (χ4v) is 0.675. The fraction of sp³-hybridized carbons (Fsp3) is 1.00.